The molecule has 10 heteroatoms. The van der Waals surface area contributed by atoms with E-state index in [9.17, 15) is 0 Å². The molecule has 0 bridgehead atoms. The van der Waals surface area contributed by atoms with Gasteiger partial charge in [0.2, 0.25) is 0 Å². The third-order valence-corrected chi connectivity index (χ3v) is 5.93. The summed E-state index contributed by atoms with van der Waals surface area (Å²) in [6.45, 7) is 2.16. The zero-order valence-electron chi connectivity index (χ0n) is 16.6. The topological polar surface area (TPSA) is 61.3 Å². The number of benzene rings is 2. The van der Waals surface area contributed by atoms with E-state index in [-0.39, 0.29) is 0 Å². The van der Waals surface area contributed by atoms with Crippen molar-refractivity contribution in [2.24, 2.45) is 5.10 Å². The van der Waals surface area contributed by atoms with Crippen LogP contribution in [0.1, 0.15) is 54.6 Å². The van der Waals surface area contributed by atoms with E-state index in [1.54, 1.807) is 0 Å². The van der Waals surface area contributed by atoms with Crippen molar-refractivity contribution in [2.45, 2.75) is 32.3 Å². The first-order chi connectivity index (χ1) is 14.6. The van der Waals surface area contributed by atoms with Crippen molar-refractivity contribution in [3.05, 3.63) is 76.4 Å². The van der Waals surface area contributed by atoms with Gasteiger partial charge >= 0.3 is 66.5 Å². The maximum Gasteiger partial charge on any atom is 0.373 e. The maximum absolute atomic E-state index is 5.22. The molecule has 8 radical (unpaired) electrons. The molecular formula is C20H18Al4N2O4. The van der Waals surface area contributed by atoms with Gasteiger partial charge < -0.3 is 15.2 Å². The Labute approximate surface area is 211 Å². The zero-order valence-corrected chi connectivity index (χ0v) is 21.2. The van der Waals surface area contributed by atoms with Gasteiger partial charge in [-0.15, -0.1) is 0 Å². The molecule has 30 heavy (non-hydrogen) atoms. The number of hydrazone groups is 1. The Morgan fingerprint density at radius 3 is 1.70 bits per heavy atom. The molecule has 0 atom stereocenters. The van der Waals surface area contributed by atoms with E-state index in [1.165, 1.54) is 5.57 Å². The predicted octanol–water partition coefficient (Wildman–Crippen LogP) is 2.60. The SMILES string of the molecule is CCC1=C(c2ccc(C([O][Al])[O][Al])cc2)NN=C(c2ccc(C([O][Al])[O][Al])cc2)C1. The highest BCUT2D eigenvalue weighted by Gasteiger charge is 2.18. The Morgan fingerprint density at radius 2 is 1.27 bits per heavy atom. The van der Waals surface area contributed by atoms with Gasteiger partial charge in [0, 0.05) is 17.5 Å². The van der Waals surface area contributed by atoms with Crippen LogP contribution in [0.15, 0.2) is 59.2 Å². The second-order valence-electron chi connectivity index (χ2n) is 6.63. The van der Waals surface area contributed by atoms with E-state index >= 15 is 0 Å². The lowest BCUT2D eigenvalue weighted by molar-refractivity contribution is 0.0178. The normalized spacial score (nSPS) is 14.2. The lowest BCUT2D eigenvalue weighted by Crippen LogP contribution is -2.19. The van der Waals surface area contributed by atoms with Gasteiger partial charge in [0.25, 0.3) is 0 Å². The molecule has 6 nitrogen and oxygen atoms in total. The van der Waals surface area contributed by atoms with Crippen molar-refractivity contribution in [3.63, 3.8) is 0 Å². The van der Waals surface area contributed by atoms with Gasteiger partial charge in [-0.1, -0.05) is 55.5 Å². The summed E-state index contributed by atoms with van der Waals surface area (Å²) in [6.07, 6.45) is 0.843. The average Bonchev–Trinajstić information content (AvgIpc) is 2.81. The van der Waals surface area contributed by atoms with Crippen LogP contribution in [0.3, 0.4) is 0 Å². The summed E-state index contributed by atoms with van der Waals surface area (Å²) in [7, 11) is 0. The van der Waals surface area contributed by atoms with E-state index < -0.39 is 12.6 Å². The molecule has 1 heterocycles. The van der Waals surface area contributed by atoms with Gasteiger partial charge in [0.15, 0.2) is 0 Å². The fraction of sp³-hybridized carbons (Fsp3) is 0.250. The molecule has 0 saturated carbocycles. The highest BCUT2D eigenvalue weighted by atomic mass is 27.1. The smallest absolute Gasteiger partial charge is 0.373 e. The first-order valence-corrected chi connectivity index (χ1v) is 11.2. The average molecular weight is 458 g/mol. The molecule has 0 amide bonds. The van der Waals surface area contributed by atoms with Gasteiger partial charge in [0.1, 0.15) is 12.6 Å². The van der Waals surface area contributed by atoms with Gasteiger partial charge in [0.05, 0.1) is 11.4 Å². The summed E-state index contributed by atoms with van der Waals surface area (Å²) < 4.78 is 20.9. The molecule has 0 saturated heterocycles. The van der Waals surface area contributed by atoms with Crippen LogP contribution >= 0.6 is 0 Å². The van der Waals surface area contributed by atoms with Crippen LogP contribution in [0, 0.1) is 0 Å². The second kappa shape index (κ2) is 12.0. The van der Waals surface area contributed by atoms with Gasteiger partial charge in [-0.05, 0) is 23.1 Å². The van der Waals surface area contributed by atoms with Crippen LogP contribution in [0.2, 0.25) is 0 Å². The van der Waals surface area contributed by atoms with Crippen LogP contribution in [0.5, 0.6) is 0 Å². The molecule has 0 aliphatic carbocycles. The second-order valence-corrected chi connectivity index (χ2v) is 7.72. The third kappa shape index (κ3) is 5.70. The van der Waals surface area contributed by atoms with Crippen molar-refractivity contribution in [3.8, 4) is 0 Å². The molecule has 2 aromatic rings. The molecule has 0 aromatic heterocycles. The Bertz CT molecular complexity index is 896. The van der Waals surface area contributed by atoms with Crippen LogP contribution in [0.25, 0.3) is 5.70 Å². The minimum atomic E-state index is -0.436. The summed E-state index contributed by atoms with van der Waals surface area (Å²) in [5.74, 6) is 0. The molecular weight excluding hydrogens is 440 g/mol. The fourth-order valence-corrected chi connectivity index (χ4v) is 4.43. The summed E-state index contributed by atoms with van der Waals surface area (Å²) >= 11 is 8.90. The first-order valence-electron chi connectivity index (χ1n) is 9.32. The Morgan fingerprint density at radius 1 is 0.800 bits per heavy atom. The summed E-state index contributed by atoms with van der Waals surface area (Å²) in [4.78, 5) is 0. The van der Waals surface area contributed by atoms with Gasteiger partial charge in [-0.3, -0.25) is 5.43 Å². The van der Waals surface area contributed by atoms with E-state index in [0.29, 0.717) is 0 Å². The van der Waals surface area contributed by atoms with Crippen LogP contribution < -0.4 is 5.43 Å². The molecule has 3 rings (SSSR count). The minimum absolute atomic E-state index is 0.436. The van der Waals surface area contributed by atoms with E-state index in [2.05, 4.69) is 96.1 Å². The first kappa shape index (κ1) is 24.3. The molecule has 144 valence electrons. The Balaban J connectivity index is 1.78. The molecule has 0 unspecified atom stereocenters. The number of rotatable bonds is 9. The molecule has 0 fully saturated rings. The summed E-state index contributed by atoms with van der Waals surface area (Å²) in [5.41, 5.74) is 10.6. The van der Waals surface area contributed by atoms with Crippen LogP contribution in [-0.2, 0) is 15.2 Å². The zero-order chi connectivity index (χ0) is 21.5. The fourth-order valence-electron chi connectivity index (χ4n) is 3.29. The summed E-state index contributed by atoms with van der Waals surface area (Å²) in [6, 6.07) is 16.1. The van der Waals surface area contributed by atoms with Crippen molar-refractivity contribution in [1.29, 1.82) is 0 Å². The number of allylic oxidation sites excluding steroid dienone is 1. The largest absolute Gasteiger partial charge is 0.494 e. The number of hydrogen-bond acceptors (Lipinski definition) is 6. The predicted molar refractivity (Wildman–Crippen MR) is 117 cm³/mol. The van der Waals surface area contributed by atoms with Crippen molar-refractivity contribution < 1.29 is 15.2 Å². The summed E-state index contributed by atoms with van der Waals surface area (Å²) in [5, 5.41) is 4.64. The third-order valence-electron chi connectivity index (χ3n) is 4.95. The van der Waals surface area contributed by atoms with Gasteiger partial charge in [-0.2, -0.15) is 5.10 Å². The highest BCUT2D eigenvalue weighted by molar-refractivity contribution is 6.04. The Hall–Kier alpha value is -0.380. The monoisotopic (exact) mass is 458 g/mol. The van der Waals surface area contributed by atoms with E-state index in [4.69, 9.17) is 15.2 Å². The van der Waals surface area contributed by atoms with Crippen LogP contribution in [-0.4, -0.2) is 72.2 Å². The van der Waals surface area contributed by atoms with Crippen molar-refractivity contribution >= 4 is 77.9 Å². The highest BCUT2D eigenvalue weighted by Crippen LogP contribution is 2.28. The number of nitrogens with one attached hydrogen (secondary N) is 1. The van der Waals surface area contributed by atoms with E-state index in [0.717, 1.165) is 46.5 Å². The minimum Gasteiger partial charge on any atom is -0.494 e. The molecule has 1 aliphatic heterocycles. The van der Waals surface area contributed by atoms with Gasteiger partial charge in [-0.25, -0.2) is 0 Å². The standard InChI is InChI=1S/C20H18N2O4.4Al/c1-2-12-11-17(13-3-7-15(8-4-13)19(23)24)21-22-18(12)14-5-9-16(10-6-14)20(25)26;;;;/h3-10,19-20,22H,2,11H2,1H3;;;;/q-4;4*+1. The quantitative estimate of drug-likeness (QED) is 0.463. The Kier molecular flexibility index (Phi) is 9.72. The number of nitrogens with zero attached hydrogens (tertiary/aromatic N) is 1. The lowest BCUT2D eigenvalue weighted by Gasteiger charge is -2.23. The van der Waals surface area contributed by atoms with E-state index in [1.807, 2.05) is 36.4 Å². The molecule has 1 N–H and O–H groups in total. The van der Waals surface area contributed by atoms with Crippen molar-refractivity contribution in [1.82, 2.24) is 5.43 Å². The maximum atomic E-state index is 5.22. The van der Waals surface area contributed by atoms with Crippen LogP contribution in [0.4, 0.5) is 0 Å². The molecule has 1 aliphatic rings. The molecule has 0 spiro atoms. The lowest BCUT2D eigenvalue weighted by atomic mass is 9.94. The number of hydrogen-bond donors (Lipinski definition) is 1. The molecule has 2 aromatic carbocycles. The van der Waals surface area contributed by atoms with Crippen molar-refractivity contribution in [2.75, 3.05) is 0 Å².